The number of anilines is 1. The molecule has 0 spiro atoms. The zero-order chi connectivity index (χ0) is 21.9. The third-order valence-electron chi connectivity index (χ3n) is 5.59. The number of carbonyl (C=O) groups excluding carboxylic acids is 2. The van der Waals surface area contributed by atoms with Crippen molar-refractivity contribution >= 4 is 28.4 Å². The van der Waals surface area contributed by atoms with Gasteiger partial charge in [0.15, 0.2) is 5.69 Å². The molecule has 0 saturated carbocycles. The summed E-state index contributed by atoms with van der Waals surface area (Å²) in [6.45, 7) is 3.10. The van der Waals surface area contributed by atoms with Crippen LogP contribution < -0.4 is 10.6 Å². The molecule has 2 aromatic carbocycles. The first kappa shape index (κ1) is 19.9. The lowest BCUT2D eigenvalue weighted by atomic mass is 10.0. The number of aromatic nitrogens is 3. The van der Waals surface area contributed by atoms with Crippen molar-refractivity contribution in [1.29, 1.82) is 0 Å². The minimum atomic E-state index is -0.295. The maximum atomic E-state index is 12.7. The second kappa shape index (κ2) is 8.60. The number of rotatable bonds is 4. The molecule has 1 fully saturated rings. The van der Waals surface area contributed by atoms with Gasteiger partial charge in [0.05, 0.1) is 5.52 Å². The quantitative estimate of drug-likeness (QED) is 0.466. The predicted molar refractivity (Wildman–Crippen MR) is 122 cm³/mol. The summed E-state index contributed by atoms with van der Waals surface area (Å²) in [7, 11) is 0. The third-order valence-corrected chi connectivity index (χ3v) is 5.59. The first-order chi connectivity index (χ1) is 15.7. The van der Waals surface area contributed by atoms with Crippen LogP contribution >= 0.6 is 0 Å². The van der Waals surface area contributed by atoms with Crippen LogP contribution in [0.25, 0.3) is 22.0 Å². The lowest BCUT2D eigenvalue weighted by Crippen LogP contribution is -2.46. The molecule has 1 aliphatic rings. The molecule has 0 atom stereocenters. The van der Waals surface area contributed by atoms with E-state index in [-0.39, 0.29) is 11.8 Å². The van der Waals surface area contributed by atoms with E-state index in [0.717, 1.165) is 48.2 Å². The summed E-state index contributed by atoms with van der Waals surface area (Å²) < 4.78 is 0. The Bertz CT molecular complexity index is 1260. The van der Waals surface area contributed by atoms with Crippen LogP contribution in [0.4, 0.5) is 5.69 Å². The molecule has 0 bridgehead atoms. The first-order valence-corrected chi connectivity index (χ1v) is 10.5. The van der Waals surface area contributed by atoms with Crippen molar-refractivity contribution in [3.8, 4) is 11.1 Å². The monoisotopic (exact) mass is 426 g/mol. The van der Waals surface area contributed by atoms with Gasteiger partial charge >= 0.3 is 0 Å². The van der Waals surface area contributed by atoms with E-state index < -0.39 is 0 Å². The minimum Gasteiger partial charge on any atom is -0.336 e. The fourth-order valence-electron chi connectivity index (χ4n) is 3.85. The van der Waals surface area contributed by atoms with Crippen LogP contribution in [0, 0.1) is 0 Å². The van der Waals surface area contributed by atoms with Crippen LogP contribution in [0.3, 0.4) is 0 Å². The number of nitrogens with one attached hydrogen (secondary N) is 3. The van der Waals surface area contributed by atoms with Crippen molar-refractivity contribution in [3.63, 3.8) is 0 Å². The van der Waals surface area contributed by atoms with Gasteiger partial charge < -0.3 is 15.5 Å². The number of pyridine rings is 1. The molecule has 0 aliphatic carbocycles. The van der Waals surface area contributed by atoms with Crippen LogP contribution in [-0.4, -0.2) is 58.1 Å². The SMILES string of the molecule is O=C(Nc1ccncc1)c1n[nH]c2ccc(-c3ccc(C(=O)N4CCNCC4)cc3)cc12. The number of fused-ring (bicyclic) bond motifs is 1. The molecular weight excluding hydrogens is 404 g/mol. The molecule has 3 heterocycles. The van der Waals surface area contributed by atoms with Crippen LogP contribution in [0.1, 0.15) is 20.8 Å². The summed E-state index contributed by atoms with van der Waals surface area (Å²) >= 11 is 0. The maximum absolute atomic E-state index is 12.7. The highest BCUT2D eigenvalue weighted by molar-refractivity contribution is 6.11. The average molecular weight is 426 g/mol. The standard InChI is InChI=1S/C24H22N6O2/c31-23(27-19-7-9-25-10-8-19)22-20-15-18(5-6-21(20)28-29-22)16-1-3-17(4-2-16)24(32)30-13-11-26-12-14-30/h1-10,15,26H,11-14H2,(H,28,29)(H,25,27,31). The van der Waals surface area contributed by atoms with Gasteiger partial charge in [0.1, 0.15) is 0 Å². The average Bonchev–Trinajstić information content (AvgIpc) is 3.28. The normalized spacial score (nSPS) is 13.8. The van der Waals surface area contributed by atoms with E-state index in [1.165, 1.54) is 0 Å². The van der Waals surface area contributed by atoms with Crippen molar-refractivity contribution in [2.24, 2.45) is 0 Å². The molecule has 5 rings (SSSR count). The van der Waals surface area contributed by atoms with E-state index in [9.17, 15) is 9.59 Å². The van der Waals surface area contributed by atoms with Crippen LogP contribution in [0.2, 0.25) is 0 Å². The van der Waals surface area contributed by atoms with Gasteiger partial charge in [0.25, 0.3) is 11.8 Å². The number of H-pyrrole nitrogens is 1. The lowest BCUT2D eigenvalue weighted by molar-refractivity contribution is 0.0735. The third kappa shape index (κ3) is 3.95. The van der Waals surface area contributed by atoms with Gasteiger partial charge in [-0.25, -0.2) is 0 Å². The molecule has 1 saturated heterocycles. The number of hydrogen-bond donors (Lipinski definition) is 3. The number of nitrogens with zero attached hydrogens (tertiary/aromatic N) is 3. The fourth-order valence-corrected chi connectivity index (χ4v) is 3.85. The van der Waals surface area contributed by atoms with Gasteiger partial charge in [0.2, 0.25) is 0 Å². The number of piperazine rings is 1. The topological polar surface area (TPSA) is 103 Å². The Kier molecular flexibility index (Phi) is 5.35. The summed E-state index contributed by atoms with van der Waals surface area (Å²) in [6.07, 6.45) is 3.24. The zero-order valence-electron chi connectivity index (χ0n) is 17.3. The van der Waals surface area contributed by atoms with Crippen molar-refractivity contribution in [1.82, 2.24) is 25.4 Å². The van der Waals surface area contributed by atoms with E-state index in [4.69, 9.17) is 0 Å². The van der Waals surface area contributed by atoms with E-state index >= 15 is 0 Å². The number of amides is 2. The molecular formula is C24H22N6O2. The molecule has 3 N–H and O–H groups in total. The smallest absolute Gasteiger partial charge is 0.276 e. The first-order valence-electron chi connectivity index (χ1n) is 10.5. The minimum absolute atomic E-state index is 0.0541. The predicted octanol–water partition coefficient (Wildman–Crippen LogP) is 2.92. The zero-order valence-corrected chi connectivity index (χ0v) is 17.3. The van der Waals surface area contributed by atoms with E-state index in [2.05, 4.69) is 25.8 Å². The van der Waals surface area contributed by atoms with Crippen molar-refractivity contribution in [3.05, 3.63) is 78.2 Å². The van der Waals surface area contributed by atoms with E-state index in [1.54, 1.807) is 24.5 Å². The Morgan fingerprint density at radius 3 is 2.38 bits per heavy atom. The Hall–Kier alpha value is -4.04. The maximum Gasteiger partial charge on any atom is 0.276 e. The van der Waals surface area contributed by atoms with Crippen molar-refractivity contribution < 1.29 is 9.59 Å². The molecule has 0 unspecified atom stereocenters. The van der Waals surface area contributed by atoms with E-state index in [1.807, 2.05) is 47.4 Å². The van der Waals surface area contributed by atoms with Crippen LogP contribution in [0.15, 0.2) is 67.0 Å². The molecule has 32 heavy (non-hydrogen) atoms. The van der Waals surface area contributed by atoms with Gasteiger partial charge in [-0.15, -0.1) is 0 Å². The molecule has 2 aromatic heterocycles. The van der Waals surface area contributed by atoms with E-state index in [0.29, 0.717) is 16.9 Å². The molecule has 8 heteroatoms. The molecule has 8 nitrogen and oxygen atoms in total. The summed E-state index contributed by atoms with van der Waals surface area (Å²) in [4.78, 5) is 31.3. The summed E-state index contributed by atoms with van der Waals surface area (Å²) in [5.74, 6) is -0.241. The van der Waals surface area contributed by atoms with Gasteiger partial charge in [-0.3, -0.25) is 19.7 Å². The highest BCUT2D eigenvalue weighted by Gasteiger charge is 2.18. The number of hydrogen-bond acceptors (Lipinski definition) is 5. The summed E-state index contributed by atoms with van der Waals surface area (Å²) in [5.41, 5.74) is 4.34. The largest absolute Gasteiger partial charge is 0.336 e. The molecule has 2 amide bonds. The highest BCUT2D eigenvalue weighted by Crippen LogP contribution is 2.26. The Balaban J connectivity index is 1.39. The molecule has 1 aliphatic heterocycles. The van der Waals surface area contributed by atoms with Gasteiger partial charge in [0, 0.05) is 55.2 Å². The lowest BCUT2D eigenvalue weighted by Gasteiger charge is -2.27. The molecule has 4 aromatic rings. The number of carbonyl (C=O) groups is 2. The van der Waals surface area contributed by atoms with Crippen LogP contribution in [0.5, 0.6) is 0 Å². The molecule has 160 valence electrons. The fraction of sp³-hybridized carbons (Fsp3) is 0.167. The van der Waals surface area contributed by atoms with Crippen LogP contribution in [-0.2, 0) is 0 Å². The summed E-state index contributed by atoms with van der Waals surface area (Å²) in [6, 6.07) is 16.8. The Labute approximate surface area is 184 Å². The Morgan fingerprint density at radius 2 is 1.62 bits per heavy atom. The number of benzene rings is 2. The van der Waals surface area contributed by atoms with Gasteiger partial charge in [-0.05, 0) is 47.5 Å². The molecule has 0 radical (unpaired) electrons. The second-order valence-electron chi connectivity index (χ2n) is 7.64. The van der Waals surface area contributed by atoms with Crippen molar-refractivity contribution in [2.75, 3.05) is 31.5 Å². The summed E-state index contributed by atoms with van der Waals surface area (Å²) in [5, 5.41) is 14.0. The van der Waals surface area contributed by atoms with Gasteiger partial charge in [-0.1, -0.05) is 18.2 Å². The number of aromatic amines is 1. The highest BCUT2D eigenvalue weighted by atomic mass is 16.2. The second-order valence-corrected chi connectivity index (χ2v) is 7.64. The van der Waals surface area contributed by atoms with Crippen molar-refractivity contribution in [2.45, 2.75) is 0 Å². The Morgan fingerprint density at radius 1 is 0.906 bits per heavy atom. The van der Waals surface area contributed by atoms with Gasteiger partial charge in [-0.2, -0.15) is 5.10 Å².